The Labute approximate surface area is 132 Å². The van der Waals surface area contributed by atoms with Gasteiger partial charge >= 0.3 is 0 Å². The summed E-state index contributed by atoms with van der Waals surface area (Å²) in [6.07, 6.45) is 11.0. The van der Waals surface area contributed by atoms with Gasteiger partial charge in [0.25, 0.3) is 0 Å². The molecule has 0 aromatic heterocycles. The van der Waals surface area contributed by atoms with E-state index in [-0.39, 0.29) is 0 Å². The van der Waals surface area contributed by atoms with Crippen molar-refractivity contribution in [2.24, 2.45) is 29.4 Å². The number of rotatable bonds is 5. The molecule has 2 saturated carbocycles. The molecule has 0 aromatic rings. The molecule has 2 fully saturated rings. The summed E-state index contributed by atoms with van der Waals surface area (Å²) in [5.41, 5.74) is 6.44. The molecular weight excluding hydrogens is 256 g/mol. The molecule has 2 aliphatic carbocycles. The molecule has 2 nitrogen and oxygen atoms in total. The lowest BCUT2D eigenvalue weighted by atomic mass is 9.73. The van der Waals surface area contributed by atoms with Crippen LogP contribution < -0.4 is 5.73 Å². The fourth-order valence-corrected chi connectivity index (χ4v) is 4.65. The number of nitrogens with zero attached hydrogens (tertiary/aromatic N) is 1. The Balaban J connectivity index is 1.82. The second-order valence-corrected chi connectivity index (χ2v) is 8.26. The summed E-state index contributed by atoms with van der Waals surface area (Å²) in [5.74, 6) is 3.45. The summed E-state index contributed by atoms with van der Waals surface area (Å²) >= 11 is 0. The first-order valence-corrected chi connectivity index (χ1v) is 9.47. The molecule has 0 spiro atoms. The summed E-state index contributed by atoms with van der Waals surface area (Å²) in [4.78, 5) is 2.65. The summed E-state index contributed by atoms with van der Waals surface area (Å²) < 4.78 is 0. The normalized spacial score (nSPS) is 38.1. The van der Waals surface area contributed by atoms with Gasteiger partial charge in [0.2, 0.25) is 0 Å². The van der Waals surface area contributed by atoms with Crippen LogP contribution in [-0.2, 0) is 0 Å². The molecule has 3 unspecified atom stereocenters. The van der Waals surface area contributed by atoms with Gasteiger partial charge in [-0.1, -0.05) is 27.2 Å². The molecule has 3 atom stereocenters. The molecule has 124 valence electrons. The molecule has 0 aromatic carbocycles. The molecule has 0 bridgehead atoms. The Kier molecular flexibility index (Phi) is 6.55. The van der Waals surface area contributed by atoms with E-state index in [1.54, 1.807) is 0 Å². The Morgan fingerprint density at radius 1 is 1.05 bits per heavy atom. The van der Waals surface area contributed by atoms with Crippen LogP contribution in [0.3, 0.4) is 0 Å². The Bertz CT molecular complexity index is 294. The van der Waals surface area contributed by atoms with Crippen molar-refractivity contribution in [3.8, 4) is 0 Å². The summed E-state index contributed by atoms with van der Waals surface area (Å²) in [6, 6.07) is 1.26. The van der Waals surface area contributed by atoms with Gasteiger partial charge in [-0.15, -0.1) is 0 Å². The fraction of sp³-hybridized carbons (Fsp3) is 1.00. The largest absolute Gasteiger partial charge is 0.327 e. The van der Waals surface area contributed by atoms with Gasteiger partial charge in [0.15, 0.2) is 0 Å². The van der Waals surface area contributed by atoms with Crippen molar-refractivity contribution in [3.63, 3.8) is 0 Å². The SMILES string of the molecule is CCC1CCC(N(C)CC2CC(C(C)C)CCC2N)CC1. The number of nitrogens with two attached hydrogens (primary N) is 1. The summed E-state index contributed by atoms with van der Waals surface area (Å²) in [7, 11) is 2.35. The van der Waals surface area contributed by atoms with E-state index in [2.05, 4.69) is 32.7 Å². The third kappa shape index (κ3) is 4.69. The van der Waals surface area contributed by atoms with Gasteiger partial charge in [-0.3, -0.25) is 0 Å². The highest BCUT2D eigenvalue weighted by atomic mass is 15.1. The molecule has 0 aliphatic heterocycles. The Morgan fingerprint density at radius 2 is 1.71 bits per heavy atom. The monoisotopic (exact) mass is 294 g/mol. The maximum atomic E-state index is 6.44. The molecule has 2 heteroatoms. The van der Waals surface area contributed by atoms with Crippen LogP contribution in [-0.4, -0.2) is 30.6 Å². The van der Waals surface area contributed by atoms with Crippen LogP contribution in [0.15, 0.2) is 0 Å². The van der Waals surface area contributed by atoms with Crippen LogP contribution in [0.2, 0.25) is 0 Å². The highest BCUT2D eigenvalue weighted by Crippen LogP contribution is 2.35. The lowest BCUT2D eigenvalue weighted by Gasteiger charge is -2.41. The van der Waals surface area contributed by atoms with E-state index in [9.17, 15) is 0 Å². The first-order valence-electron chi connectivity index (χ1n) is 9.47. The highest BCUT2D eigenvalue weighted by molar-refractivity contribution is 4.87. The zero-order valence-corrected chi connectivity index (χ0v) is 14.9. The van der Waals surface area contributed by atoms with Crippen LogP contribution in [0.1, 0.15) is 72.1 Å². The molecule has 0 heterocycles. The minimum absolute atomic E-state index is 0.439. The predicted octanol–water partition coefficient (Wildman–Crippen LogP) is 4.29. The molecule has 2 rings (SSSR count). The maximum Gasteiger partial charge on any atom is 0.00925 e. The quantitative estimate of drug-likeness (QED) is 0.819. The maximum absolute atomic E-state index is 6.44. The van der Waals surface area contributed by atoms with E-state index < -0.39 is 0 Å². The van der Waals surface area contributed by atoms with Gasteiger partial charge in [-0.25, -0.2) is 0 Å². The molecule has 2 aliphatic rings. The van der Waals surface area contributed by atoms with E-state index >= 15 is 0 Å². The number of hydrogen-bond donors (Lipinski definition) is 1. The third-order valence-electron chi connectivity index (χ3n) is 6.56. The standard InChI is InChI=1S/C19H38N2/c1-5-15-6-9-18(10-7-15)21(4)13-17-12-16(14(2)3)8-11-19(17)20/h14-19H,5-13,20H2,1-4H3. The highest BCUT2D eigenvalue weighted by Gasteiger charge is 2.32. The van der Waals surface area contributed by atoms with Crippen molar-refractivity contribution in [1.82, 2.24) is 4.90 Å². The van der Waals surface area contributed by atoms with Crippen molar-refractivity contribution < 1.29 is 0 Å². The van der Waals surface area contributed by atoms with Crippen LogP contribution >= 0.6 is 0 Å². The first-order chi connectivity index (χ1) is 10.0. The van der Waals surface area contributed by atoms with Crippen LogP contribution in [0.5, 0.6) is 0 Å². The second kappa shape index (κ2) is 7.97. The van der Waals surface area contributed by atoms with E-state index in [0.29, 0.717) is 6.04 Å². The van der Waals surface area contributed by atoms with Crippen LogP contribution in [0.4, 0.5) is 0 Å². The lowest BCUT2D eigenvalue weighted by molar-refractivity contribution is 0.103. The fourth-order valence-electron chi connectivity index (χ4n) is 4.65. The minimum atomic E-state index is 0.439. The van der Waals surface area contributed by atoms with E-state index in [1.165, 1.54) is 57.9 Å². The predicted molar refractivity (Wildman–Crippen MR) is 92.3 cm³/mol. The van der Waals surface area contributed by atoms with Crippen molar-refractivity contribution in [2.45, 2.75) is 84.2 Å². The molecule has 21 heavy (non-hydrogen) atoms. The number of hydrogen-bond acceptors (Lipinski definition) is 2. The topological polar surface area (TPSA) is 29.3 Å². The lowest BCUT2D eigenvalue weighted by Crippen LogP contribution is -2.46. The average molecular weight is 295 g/mol. The van der Waals surface area contributed by atoms with Crippen molar-refractivity contribution in [3.05, 3.63) is 0 Å². The Morgan fingerprint density at radius 3 is 2.29 bits per heavy atom. The minimum Gasteiger partial charge on any atom is -0.327 e. The van der Waals surface area contributed by atoms with E-state index in [1.807, 2.05) is 0 Å². The molecule has 0 saturated heterocycles. The van der Waals surface area contributed by atoms with Gasteiger partial charge in [0, 0.05) is 18.6 Å². The Hall–Kier alpha value is -0.0800. The van der Waals surface area contributed by atoms with Gasteiger partial charge in [0.05, 0.1) is 0 Å². The van der Waals surface area contributed by atoms with Crippen molar-refractivity contribution in [1.29, 1.82) is 0 Å². The average Bonchev–Trinajstić information content (AvgIpc) is 2.49. The summed E-state index contributed by atoms with van der Waals surface area (Å²) in [6.45, 7) is 8.34. The van der Waals surface area contributed by atoms with E-state index in [0.717, 1.165) is 29.7 Å². The summed E-state index contributed by atoms with van der Waals surface area (Å²) in [5, 5.41) is 0. The van der Waals surface area contributed by atoms with Crippen molar-refractivity contribution in [2.75, 3.05) is 13.6 Å². The molecule has 0 amide bonds. The molecule has 0 radical (unpaired) electrons. The van der Waals surface area contributed by atoms with E-state index in [4.69, 9.17) is 5.73 Å². The smallest absolute Gasteiger partial charge is 0.00925 e. The third-order valence-corrected chi connectivity index (χ3v) is 6.56. The van der Waals surface area contributed by atoms with Gasteiger partial charge in [-0.2, -0.15) is 0 Å². The van der Waals surface area contributed by atoms with Crippen LogP contribution in [0.25, 0.3) is 0 Å². The van der Waals surface area contributed by atoms with Gasteiger partial charge in [-0.05, 0) is 75.7 Å². The zero-order chi connectivity index (χ0) is 15.4. The molecular formula is C19H38N2. The van der Waals surface area contributed by atoms with Gasteiger partial charge in [0.1, 0.15) is 0 Å². The second-order valence-electron chi connectivity index (χ2n) is 8.26. The van der Waals surface area contributed by atoms with Gasteiger partial charge < -0.3 is 10.6 Å². The molecule has 2 N–H and O–H groups in total. The van der Waals surface area contributed by atoms with Crippen molar-refractivity contribution >= 4 is 0 Å². The first kappa shape index (κ1) is 17.3. The zero-order valence-electron chi connectivity index (χ0n) is 14.9. The van der Waals surface area contributed by atoms with Crippen LogP contribution in [0, 0.1) is 23.7 Å².